The second kappa shape index (κ2) is 8.85. The van der Waals surface area contributed by atoms with Gasteiger partial charge in [-0.05, 0) is 55.3 Å². The number of nitrogens with two attached hydrogens (primary N) is 1. The number of hydrogen-bond acceptors (Lipinski definition) is 4. The first-order valence-corrected chi connectivity index (χ1v) is 9.86. The van der Waals surface area contributed by atoms with Crippen molar-refractivity contribution in [2.75, 3.05) is 24.4 Å². The summed E-state index contributed by atoms with van der Waals surface area (Å²) in [6.45, 7) is 1.68. The summed E-state index contributed by atoms with van der Waals surface area (Å²) in [6, 6.07) is 8.33. The van der Waals surface area contributed by atoms with E-state index < -0.39 is 26.6 Å². The average molecular weight is 432 g/mol. The molecule has 2 aromatic carbocycles. The molecule has 1 amide bonds. The molecule has 0 aromatic heterocycles. The molecule has 1 atom stereocenters. The van der Waals surface area contributed by atoms with Crippen molar-refractivity contribution >= 4 is 34.0 Å². The molecule has 0 saturated carbocycles. The Bertz CT molecular complexity index is 972. The minimum Gasteiger partial charge on any atom is -0.338 e. The van der Waals surface area contributed by atoms with Gasteiger partial charge < -0.3 is 10.6 Å². The molecule has 2 aromatic rings. The van der Waals surface area contributed by atoms with Crippen LogP contribution in [0.4, 0.5) is 14.5 Å². The van der Waals surface area contributed by atoms with Gasteiger partial charge in [-0.25, -0.2) is 17.2 Å². The first kappa shape index (κ1) is 22.1. The largest absolute Gasteiger partial charge is 0.338 e. The van der Waals surface area contributed by atoms with Crippen LogP contribution in [0.1, 0.15) is 16.8 Å². The van der Waals surface area contributed by atoms with Gasteiger partial charge >= 0.3 is 0 Å². The molecule has 3 N–H and O–H groups in total. The fraction of sp³-hybridized carbons (Fsp3) is 0.278. The molecule has 0 bridgehead atoms. The molecule has 1 saturated heterocycles. The highest BCUT2D eigenvalue weighted by Crippen LogP contribution is 2.22. The van der Waals surface area contributed by atoms with Crippen molar-refractivity contribution < 1.29 is 22.0 Å². The van der Waals surface area contributed by atoms with Crippen LogP contribution in [0, 0.1) is 17.6 Å². The molecule has 6 nitrogen and oxygen atoms in total. The molecule has 28 heavy (non-hydrogen) atoms. The molecule has 0 aliphatic carbocycles. The van der Waals surface area contributed by atoms with Gasteiger partial charge in [0.2, 0.25) is 0 Å². The van der Waals surface area contributed by atoms with Gasteiger partial charge in [-0.3, -0.25) is 9.52 Å². The summed E-state index contributed by atoms with van der Waals surface area (Å²) in [5, 5.41) is 0. The molecule has 1 heterocycles. The zero-order valence-electron chi connectivity index (χ0n) is 14.8. The molecule has 10 heteroatoms. The van der Waals surface area contributed by atoms with Crippen LogP contribution in [-0.4, -0.2) is 38.9 Å². The number of halogens is 3. The highest BCUT2D eigenvalue weighted by Gasteiger charge is 2.26. The van der Waals surface area contributed by atoms with Crippen LogP contribution in [0.2, 0.25) is 0 Å². The van der Waals surface area contributed by atoms with E-state index in [1.54, 1.807) is 17.0 Å². The molecule has 0 radical (unpaired) electrons. The zero-order chi connectivity index (χ0) is 19.6. The van der Waals surface area contributed by atoms with Crippen LogP contribution in [0.25, 0.3) is 0 Å². The monoisotopic (exact) mass is 431 g/mol. The Morgan fingerprint density at radius 3 is 2.57 bits per heavy atom. The van der Waals surface area contributed by atoms with E-state index in [1.165, 1.54) is 12.1 Å². The topological polar surface area (TPSA) is 92.5 Å². The number of likely N-dealkylation sites (tertiary alicyclic amines) is 1. The summed E-state index contributed by atoms with van der Waals surface area (Å²) in [4.78, 5) is 13.9. The van der Waals surface area contributed by atoms with Gasteiger partial charge in [0.05, 0.1) is 4.90 Å². The number of carbonyl (C=O) groups excluding carboxylic acids is 1. The van der Waals surface area contributed by atoms with Crippen molar-refractivity contribution in [1.82, 2.24) is 4.90 Å². The van der Waals surface area contributed by atoms with Crippen molar-refractivity contribution in [3.05, 3.63) is 59.7 Å². The SMILES string of the molecule is Cl.NCC1CCN(C(=O)c2cccc(NS(=O)(=O)c3ccc(F)c(F)c3)c2)C1. The lowest BCUT2D eigenvalue weighted by molar-refractivity contribution is 0.0787. The van der Waals surface area contributed by atoms with Crippen molar-refractivity contribution in [1.29, 1.82) is 0 Å². The van der Waals surface area contributed by atoms with E-state index >= 15 is 0 Å². The Morgan fingerprint density at radius 2 is 1.93 bits per heavy atom. The van der Waals surface area contributed by atoms with E-state index in [0.29, 0.717) is 31.3 Å². The number of sulfonamides is 1. The predicted octanol–water partition coefficient (Wildman–Crippen LogP) is 2.61. The van der Waals surface area contributed by atoms with E-state index in [0.717, 1.165) is 18.6 Å². The highest BCUT2D eigenvalue weighted by molar-refractivity contribution is 7.92. The van der Waals surface area contributed by atoms with Gasteiger partial charge in [0.25, 0.3) is 15.9 Å². The molecule has 1 aliphatic heterocycles. The molecular formula is C18H20ClF2N3O3S. The smallest absolute Gasteiger partial charge is 0.261 e. The van der Waals surface area contributed by atoms with E-state index in [2.05, 4.69) is 4.72 Å². The quantitative estimate of drug-likeness (QED) is 0.761. The van der Waals surface area contributed by atoms with Gasteiger partial charge in [-0.15, -0.1) is 12.4 Å². The first-order valence-electron chi connectivity index (χ1n) is 8.37. The number of rotatable bonds is 5. The standard InChI is InChI=1S/C18H19F2N3O3S.ClH/c19-16-5-4-15(9-17(16)20)27(25,26)22-14-3-1-2-13(8-14)18(24)23-7-6-12(10-21)11-23;/h1-5,8-9,12,22H,6-7,10-11,21H2;1H. The second-order valence-corrected chi connectivity index (χ2v) is 8.09. The fourth-order valence-corrected chi connectivity index (χ4v) is 4.03. The second-order valence-electron chi connectivity index (χ2n) is 6.40. The first-order chi connectivity index (χ1) is 12.8. The number of nitrogens with zero attached hydrogens (tertiary/aromatic N) is 1. The maximum Gasteiger partial charge on any atom is 0.261 e. The molecule has 152 valence electrons. The van der Waals surface area contributed by atoms with Crippen LogP contribution in [0.15, 0.2) is 47.4 Å². The third-order valence-corrected chi connectivity index (χ3v) is 5.85. The van der Waals surface area contributed by atoms with E-state index in [9.17, 15) is 22.0 Å². The van der Waals surface area contributed by atoms with Crippen LogP contribution >= 0.6 is 12.4 Å². The van der Waals surface area contributed by atoms with Crippen molar-refractivity contribution in [3.8, 4) is 0 Å². The van der Waals surface area contributed by atoms with Crippen molar-refractivity contribution in [2.45, 2.75) is 11.3 Å². The summed E-state index contributed by atoms with van der Waals surface area (Å²) in [5.41, 5.74) is 6.12. The zero-order valence-corrected chi connectivity index (χ0v) is 16.4. The molecule has 1 unspecified atom stereocenters. The van der Waals surface area contributed by atoms with Crippen LogP contribution < -0.4 is 10.5 Å². The number of hydrogen-bond donors (Lipinski definition) is 2. The van der Waals surface area contributed by atoms with Gasteiger partial charge in [0.1, 0.15) is 0 Å². The Labute approximate surface area is 168 Å². The summed E-state index contributed by atoms with van der Waals surface area (Å²) in [7, 11) is -4.12. The van der Waals surface area contributed by atoms with Gasteiger partial charge in [0, 0.05) is 24.3 Å². The Hall–Kier alpha value is -2.23. The van der Waals surface area contributed by atoms with E-state index in [-0.39, 0.29) is 29.9 Å². The fourth-order valence-electron chi connectivity index (χ4n) is 2.97. The Morgan fingerprint density at radius 1 is 1.18 bits per heavy atom. The number of nitrogens with one attached hydrogen (secondary N) is 1. The molecular weight excluding hydrogens is 412 g/mol. The lowest BCUT2D eigenvalue weighted by Gasteiger charge is -2.17. The lowest BCUT2D eigenvalue weighted by Crippen LogP contribution is -2.29. The lowest BCUT2D eigenvalue weighted by atomic mass is 10.1. The van der Waals surface area contributed by atoms with Crippen LogP contribution in [0.5, 0.6) is 0 Å². The number of benzene rings is 2. The Kier molecular flexibility index (Phi) is 6.97. The normalized spacial score (nSPS) is 16.5. The van der Waals surface area contributed by atoms with Gasteiger partial charge in [-0.1, -0.05) is 6.07 Å². The number of anilines is 1. The van der Waals surface area contributed by atoms with E-state index in [1.807, 2.05) is 0 Å². The minimum atomic E-state index is -4.12. The number of amides is 1. The summed E-state index contributed by atoms with van der Waals surface area (Å²) in [6.07, 6.45) is 0.838. The molecule has 0 spiro atoms. The Balaban J connectivity index is 0.00000280. The van der Waals surface area contributed by atoms with Gasteiger partial charge in [0.15, 0.2) is 11.6 Å². The third-order valence-electron chi connectivity index (χ3n) is 4.47. The minimum absolute atomic E-state index is 0. The molecule has 1 aliphatic rings. The maximum atomic E-state index is 13.3. The summed E-state index contributed by atoms with van der Waals surface area (Å²) in [5.74, 6) is -2.34. The summed E-state index contributed by atoms with van der Waals surface area (Å²) >= 11 is 0. The summed E-state index contributed by atoms with van der Waals surface area (Å²) < 4.78 is 53.4. The van der Waals surface area contributed by atoms with Crippen molar-refractivity contribution in [3.63, 3.8) is 0 Å². The van der Waals surface area contributed by atoms with Crippen LogP contribution in [0.3, 0.4) is 0 Å². The maximum absolute atomic E-state index is 13.3. The average Bonchev–Trinajstić information content (AvgIpc) is 3.12. The predicted molar refractivity (Wildman–Crippen MR) is 104 cm³/mol. The van der Waals surface area contributed by atoms with Crippen LogP contribution in [-0.2, 0) is 10.0 Å². The number of carbonyl (C=O) groups is 1. The molecule has 3 rings (SSSR count). The van der Waals surface area contributed by atoms with Crippen molar-refractivity contribution in [2.24, 2.45) is 11.7 Å². The highest BCUT2D eigenvalue weighted by atomic mass is 35.5. The molecule has 1 fully saturated rings. The van der Waals surface area contributed by atoms with Gasteiger partial charge in [-0.2, -0.15) is 0 Å². The third kappa shape index (κ3) is 4.78. The van der Waals surface area contributed by atoms with E-state index in [4.69, 9.17) is 5.73 Å².